The molecule has 1 heterocycles. The Balaban J connectivity index is 0.00000256. The van der Waals surface area contributed by atoms with Crippen molar-refractivity contribution < 1.29 is 46.4 Å². The fourth-order valence-corrected chi connectivity index (χ4v) is 3.61. The normalized spacial score (nSPS) is 14.2. The van der Waals surface area contributed by atoms with Crippen molar-refractivity contribution in [1.29, 1.82) is 0 Å². The van der Waals surface area contributed by atoms with Crippen LogP contribution in [0.3, 0.4) is 0 Å². The summed E-state index contributed by atoms with van der Waals surface area (Å²) < 4.78 is 81.8. The van der Waals surface area contributed by atoms with Gasteiger partial charge in [0.15, 0.2) is 0 Å². The molecule has 1 aliphatic carbocycles. The number of hydrogen-bond donors (Lipinski definition) is 0. The Labute approximate surface area is 181 Å². The van der Waals surface area contributed by atoms with E-state index in [1.54, 1.807) is 12.1 Å². The quantitative estimate of drug-likeness (QED) is 0.281. The number of aromatic nitrogens is 3. The minimum atomic E-state index is -5.00. The zero-order valence-corrected chi connectivity index (χ0v) is 17.6. The first kappa shape index (κ1) is 22.5. The second kappa shape index (κ2) is 8.15. The van der Waals surface area contributed by atoms with Gasteiger partial charge in [0, 0.05) is 20.1 Å². The van der Waals surface area contributed by atoms with Gasteiger partial charge in [-0.3, -0.25) is 9.67 Å². The van der Waals surface area contributed by atoms with E-state index in [2.05, 4.69) is 16.1 Å². The number of hydrogen-bond acceptors (Lipinski definition) is 2. The van der Waals surface area contributed by atoms with E-state index in [1.165, 1.54) is 0 Å². The first-order chi connectivity index (χ1) is 13.7. The molecule has 10 heteroatoms. The summed E-state index contributed by atoms with van der Waals surface area (Å²) in [6, 6.07) is 8.33. The Morgan fingerprint density at radius 1 is 0.900 bits per heavy atom. The molecule has 0 atom stereocenters. The van der Waals surface area contributed by atoms with Gasteiger partial charge in [-0.05, 0) is 18.6 Å². The maximum absolute atomic E-state index is 13.5. The number of rotatable bonds is 2. The molecule has 3 aromatic rings. The molecule has 1 aliphatic rings. The number of nitrogens with zero attached hydrogens (tertiary/aromatic N) is 3. The molecule has 1 aromatic heterocycles. The molecular formula is C20H14F6IrN3-. The molecule has 0 saturated heterocycles. The first-order valence-corrected chi connectivity index (χ1v) is 8.88. The number of aryl methyl sites for hydroxylation is 2. The second-order valence-corrected chi connectivity index (χ2v) is 6.80. The zero-order valence-electron chi connectivity index (χ0n) is 15.2. The van der Waals surface area contributed by atoms with Gasteiger partial charge in [0.05, 0.1) is 22.6 Å². The molecular weight excluding hydrogens is 588 g/mol. The zero-order chi connectivity index (χ0) is 20.8. The smallest absolute Gasteiger partial charge is 0.264 e. The Bertz CT molecular complexity index is 1020. The van der Waals surface area contributed by atoms with E-state index in [9.17, 15) is 26.3 Å². The van der Waals surface area contributed by atoms with Crippen molar-refractivity contribution in [1.82, 2.24) is 14.8 Å². The molecule has 0 fully saturated rings. The van der Waals surface area contributed by atoms with Gasteiger partial charge in [-0.1, -0.05) is 25.3 Å². The van der Waals surface area contributed by atoms with E-state index < -0.39 is 29.2 Å². The average Bonchev–Trinajstić information content (AvgIpc) is 3.15. The monoisotopic (exact) mass is 603 g/mol. The van der Waals surface area contributed by atoms with Crippen LogP contribution in [-0.2, 0) is 45.3 Å². The summed E-state index contributed by atoms with van der Waals surface area (Å²) in [6.45, 7) is 0. The molecule has 4 rings (SSSR count). The van der Waals surface area contributed by atoms with E-state index in [0.29, 0.717) is 22.4 Å². The summed E-state index contributed by atoms with van der Waals surface area (Å²) in [5.41, 5.74) is -1.58. The molecule has 0 aliphatic heterocycles. The maximum atomic E-state index is 13.5. The summed E-state index contributed by atoms with van der Waals surface area (Å²) in [4.78, 5) is 3.94. The number of halogens is 6. The van der Waals surface area contributed by atoms with Gasteiger partial charge in [0.25, 0.3) is 0 Å². The fourth-order valence-electron chi connectivity index (χ4n) is 3.61. The molecule has 0 spiro atoms. The van der Waals surface area contributed by atoms with E-state index in [4.69, 9.17) is 0 Å². The third-order valence-corrected chi connectivity index (χ3v) is 4.92. The minimum absolute atomic E-state index is 0. The van der Waals surface area contributed by atoms with Crippen LogP contribution in [0.2, 0.25) is 0 Å². The molecule has 0 N–H and O–H groups in total. The molecule has 2 aromatic carbocycles. The van der Waals surface area contributed by atoms with Crippen LogP contribution in [0.5, 0.6) is 0 Å². The van der Waals surface area contributed by atoms with E-state index >= 15 is 0 Å². The van der Waals surface area contributed by atoms with E-state index in [1.807, 2.05) is 0 Å². The number of fused-ring (bicyclic) bond motifs is 1. The topological polar surface area (TPSA) is 30.7 Å². The predicted molar refractivity (Wildman–Crippen MR) is 92.3 cm³/mol. The van der Waals surface area contributed by atoms with E-state index in [0.717, 1.165) is 49.2 Å². The van der Waals surface area contributed by atoms with Crippen molar-refractivity contribution in [3.8, 4) is 17.1 Å². The van der Waals surface area contributed by atoms with Gasteiger partial charge < -0.3 is 0 Å². The van der Waals surface area contributed by atoms with Gasteiger partial charge in [-0.2, -0.15) is 31.4 Å². The molecule has 0 amide bonds. The predicted octanol–water partition coefficient (Wildman–Crippen LogP) is 5.65. The summed E-state index contributed by atoms with van der Waals surface area (Å²) in [7, 11) is 0. The van der Waals surface area contributed by atoms with Crippen LogP contribution < -0.4 is 0 Å². The summed E-state index contributed by atoms with van der Waals surface area (Å²) in [5.74, 6) is -0.124. The van der Waals surface area contributed by atoms with Crippen molar-refractivity contribution in [2.75, 3.05) is 0 Å². The molecule has 0 bridgehead atoms. The van der Waals surface area contributed by atoms with Crippen molar-refractivity contribution in [3.05, 3.63) is 65.0 Å². The SMILES string of the molecule is FC(F)(F)c1cccc(C(F)(F)F)c1-n1ncnc1-c1[c-]cc2c(c1)CCCC2.[Ir]. The van der Waals surface area contributed by atoms with Gasteiger partial charge in [-0.25, -0.2) is 0 Å². The largest absolute Gasteiger partial charge is 0.418 e. The molecule has 0 saturated carbocycles. The standard InChI is InChI=1S/C20H14F6N3.Ir/c21-19(22,23)15-6-3-7-16(20(24,25)26)17(15)29-18(27-11-28-29)14-9-8-12-4-1-2-5-13(12)10-14;/h3,6-8,10-11H,1-2,4-5H2;/q-1;. The fraction of sp³-hybridized carbons (Fsp3) is 0.300. The van der Waals surface area contributed by atoms with Gasteiger partial charge >= 0.3 is 12.4 Å². The number of alkyl halides is 6. The molecule has 30 heavy (non-hydrogen) atoms. The third kappa shape index (κ3) is 4.16. The Hall–Kier alpha value is -2.19. The van der Waals surface area contributed by atoms with Gasteiger partial charge in [-0.15, -0.1) is 34.9 Å². The Morgan fingerprint density at radius 3 is 2.10 bits per heavy atom. The summed E-state index contributed by atoms with van der Waals surface area (Å²) in [6.07, 6.45) is -5.40. The summed E-state index contributed by atoms with van der Waals surface area (Å²) in [5, 5.41) is 3.71. The van der Waals surface area contributed by atoms with Crippen LogP contribution in [0.15, 0.2) is 36.7 Å². The number of para-hydroxylation sites is 1. The summed E-state index contributed by atoms with van der Waals surface area (Å²) >= 11 is 0. The second-order valence-electron chi connectivity index (χ2n) is 6.80. The maximum Gasteiger partial charge on any atom is 0.418 e. The van der Waals surface area contributed by atoms with Crippen LogP contribution in [0, 0.1) is 6.07 Å². The van der Waals surface area contributed by atoms with Crippen LogP contribution >= 0.6 is 0 Å². The van der Waals surface area contributed by atoms with Crippen molar-refractivity contribution >= 4 is 0 Å². The van der Waals surface area contributed by atoms with Crippen molar-refractivity contribution in [2.24, 2.45) is 0 Å². The average molecular weight is 603 g/mol. The molecule has 161 valence electrons. The first-order valence-electron chi connectivity index (χ1n) is 8.88. The third-order valence-electron chi connectivity index (χ3n) is 4.92. The van der Waals surface area contributed by atoms with E-state index in [-0.39, 0.29) is 25.9 Å². The number of benzene rings is 2. The molecule has 0 unspecified atom stereocenters. The van der Waals surface area contributed by atoms with Crippen LogP contribution in [0.25, 0.3) is 17.1 Å². The van der Waals surface area contributed by atoms with Crippen molar-refractivity contribution in [3.63, 3.8) is 0 Å². The van der Waals surface area contributed by atoms with Crippen molar-refractivity contribution in [2.45, 2.75) is 38.0 Å². The molecule has 1 radical (unpaired) electrons. The molecule has 3 nitrogen and oxygen atoms in total. The van der Waals surface area contributed by atoms with Gasteiger partial charge in [0.2, 0.25) is 0 Å². The van der Waals surface area contributed by atoms with Gasteiger partial charge in [0.1, 0.15) is 6.33 Å². The van der Waals surface area contributed by atoms with Crippen LogP contribution in [0.1, 0.15) is 35.1 Å². The van der Waals surface area contributed by atoms with Crippen LogP contribution in [-0.4, -0.2) is 14.8 Å². The van der Waals surface area contributed by atoms with Crippen LogP contribution in [0.4, 0.5) is 26.3 Å². The Kier molecular flexibility index (Phi) is 6.11. The minimum Gasteiger partial charge on any atom is -0.264 e. The Morgan fingerprint density at radius 2 is 1.50 bits per heavy atom.